The van der Waals surface area contributed by atoms with Crippen LogP contribution in [0.4, 0.5) is 24.5 Å². The highest BCUT2D eigenvalue weighted by atomic mass is 32.1. The average molecular weight is 860 g/mol. The van der Waals surface area contributed by atoms with Gasteiger partial charge in [-0.05, 0) is 127 Å². The van der Waals surface area contributed by atoms with Gasteiger partial charge >= 0.3 is 6.18 Å². The van der Waals surface area contributed by atoms with Crippen LogP contribution < -0.4 is 16.0 Å². The largest absolute Gasteiger partial charge is 0.433 e. The molecular formula is C44H48F3N7O6S. The van der Waals surface area contributed by atoms with E-state index in [4.69, 9.17) is 4.98 Å². The van der Waals surface area contributed by atoms with Crippen LogP contribution in [0.3, 0.4) is 0 Å². The maximum Gasteiger partial charge on any atom is 0.433 e. The molecule has 1 saturated carbocycles. The third-order valence-corrected chi connectivity index (χ3v) is 13.7. The first-order chi connectivity index (χ1) is 29.0. The van der Waals surface area contributed by atoms with Gasteiger partial charge in [0, 0.05) is 42.4 Å². The number of imide groups is 2. The number of rotatable bonds is 11. The van der Waals surface area contributed by atoms with Gasteiger partial charge in [-0.25, -0.2) is 9.97 Å². The number of alkyl halides is 3. The SMILES string of the molecule is CC(C)(O)c1cc2nc(C3CCC(CN4CCC(CCNc5cccc6c5C(=O)N([C@H]5CCC(=O)NC5=O)C6=O)CC4)CC3)sc2cc1NC(=O)c1cccc(C(F)(F)F)n1. The van der Waals surface area contributed by atoms with Crippen LogP contribution >= 0.6 is 11.3 Å². The lowest BCUT2D eigenvalue weighted by atomic mass is 9.81. The van der Waals surface area contributed by atoms with E-state index in [1.165, 1.54) is 17.4 Å². The quantitative estimate of drug-likeness (QED) is 0.114. The topological polar surface area (TPSA) is 174 Å². The fraction of sp³-hybridized carbons (Fsp3) is 0.477. The second-order valence-electron chi connectivity index (χ2n) is 17.2. The molecule has 17 heteroatoms. The van der Waals surface area contributed by atoms with Crippen molar-refractivity contribution in [2.45, 2.75) is 95.4 Å². The Morgan fingerprint density at radius 1 is 0.902 bits per heavy atom. The van der Waals surface area contributed by atoms with E-state index in [-0.39, 0.29) is 41.3 Å². The molecule has 3 fully saturated rings. The van der Waals surface area contributed by atoms with Crippen LogP contribution in [0.2, 0.25) is 0 Å². The summed E-state index contributed by atoms with van der Waals surface area (Å²) in [4.78, 5) is 75.9. The van der Waals surface area contributed by atoms with Crippen molar-refractivity contribution in [1.29, 1.82) is 0 Å². The molecular weight excluding hydrogens is 812 g/mol. The molecule has 3 aliphatic heterocycles. The number of carbonyl (C=O) groups excluding carboxylic acids is 5. The number of fused-ring (bicyclic) bond motifs is 2. The van der Waals surface area contributed by atoms with Crippen molar-refractivity contribution in [3.05, 3.63) is 81.6 Å². The summed E-state index contributed by atoms with van der Waals surface area (Å²) in [7, 11) is 0. The number of thiazole rings is 1. The number of nitrogens with one attached hydrogen (secondary N) is 3. The minimum Gasteiger partial charge on any atom is -0.386 e. The van der Waals surface area contributed by atoms with E-state index >= 15 is 0 Å². The highest BCUT2D eigenvalue weighted by Crippen LogP contribution is 2.42. The Morgan fingerprint density at radius 2 is 1.64 bits per heavy atom. The Morgan fingerprint density at radius 3 is 2.34 bits per heavy atom. The Bertz CT molecular complexity index is 2380. The van der Waals surface area contributed by atoms with Crippen LogP contribution in [-0.2, 0) is 21.4 Å². The molecule has 4 N–H and O–H groups in total. The number of anilines is 2. The van der Waals surface area contributed by atoms with E-state index in [0.717, 1.165) is 91.3 Å². The van der Waals surface area contributed by atoms with Gasteiger partial charge in [-0.2, -0.15) is 13.2 Å². The summed E-state index contributed by atoms with van der Waals surface area (Å²) in [6, 6.07) is 10.7. The van der Waals surface area contributed by atoms with Crippen molar-refractivity contribution in [2.24, 2.45) is 11.8 Å². The summed E-state index contributed by atoms with van der Waals surface area (Å²) in [5.41, 5.74) is -0.423. The lowest BCUT2D eigenvalue weighted by Crippen LogP contribution is -2.54. The molecule has 0 spiro atoms. The van der Waals surface area contributed by atoms with Crippen molar-refractivity contribution < 1.29 is 42.3 Å². The number of likely N-dealkylation sites (tertiary alicyclic amines) is 1. The number of nitrogens with zero attached hydrogens (tertiary/aromatic N) is 4. The van der Waals surface area contributed by atoms with Gasteiger partial charge in [0.15, 0.2) is 0 Å². The first-order valence-corrected chi connectivity index (χ1v) is 21.7. The first kappa shape index (κ1) is 42.4. The summed E-state index contributed by atoms with van der Waals surface area (Å²) in [5, 5.41) is 20.3. The number of aromatic nitrogens is 2. The summed E-state index contributed by atoms with van der Waals surface area (Å²) in [6.45, 7) is 6.88. The molecule has 322 valence electrons. The van der Waals surface area contributed by atoms with Crippen molar-refractivity contribution in [1.82, 2.24) is 25.1 Å². The van der Waals surface area contributed by atoms with E-state index in [9.17, 15) is 42.3 Å². The van der Waals surface area contributed by atoms with E-state index in [1.54, 1.807) is 44.2 Å². The van der Waals surface area contributed by atoms with Gasteiger partial charge in [0.25, 0.3) is 17.7 Å². The molecule has 2 aromatic carbocycles. The Hall–Kier alpha value is -5.26. The Labute approximate surface area is 354 Å². The number of amides is 5. The highest BCUT2D eigenvalue weighted by molar-refractivity contribution is 7.18. The Kier molecular flexibility index (Phi) is 11.8. The van der Waals surface area contributed by atoms with E-state index in [2.05, 4.69) is 25.8 Å². The predicted molar refractivity (Wildman–Crippen MR) is 222 cm³/mol. The number of aliphatic hydroxyl groups is 1. The number of halogens is 3. The van der Waals surface area contributed by atoms with Crippen molar-refractivity contribution in [2.75, 3.05) is 36.8 Å². The van der Waals surface area contributed by atoms with Crippen molar-refractivity contribution in [3.8, 4) is 0 Å². The molecule has 4 aliphatic rings. The minimum atomic E-state index is -4.69. The minimum absolute atomic E-state index is 0.0709. The predicted octanol–water partition coefficient (Wildman–Crippen LogP) is 7.08. The van der Waals surface area contributed by atoms with Gasteiger partial charge in [-0.1, -0.05) is 12.1 Å². The third kappa shape index (κ3) is 9.05. The molecule has 1 atom stereocenters. The molecule has 0 radical (unpaired) electrons. The first-order valence-electron chi connectivity index (χ1n) is 20.9. The summed E-state index contributed by atoms with van der Waals surface area (Å²) < 4.78 is 40.6. The maximum atomic E-state index is 13.4. The van der Waals surface area contributed by atoms with E-state index in [1.807, 2.05) is 0 Å². The molecule has 0 unspecified atom stereocenters. The van der Waals surface area contributed by atoms with Crippen LogP contribution in [-0.4, -0.2) is 86.6 Å². The second-order valence-corrected chi connectivity index (χ2v) is 18.3. The molecule has 4 aromatic rings. The number of carbonyl (C=O) groups is 5. The molecule has 1 aliphatic carbocycles. The summed E-state index contributed by atoms with van der Waals surface area (Å²) in [6.07, 6.45) is 2.70. The average Bonchev–Trinajstić information content (AvgIpc) is 3.75. The number of benzene rings is 2. The highest BCUT2D eigenvalue weighted by Gasteiger charge is 2.45. The normalized spacial score (nSPS) is 21.8. The zero-order valence-electron chi connectivity index (χ0n) is 33.9. The van der Waals surface area contributed by atoms with E-state index in [0.29, 0.717) is 35.1 Å². The number of piperidine rings is 2. The van der Waals surface area contributed by atoms with Gasteiger partial charge in [-0.15, -0.1) is 11.3 Å². The zero-order valence-corrected chi connectivity index (χ0v) is 34.8. The zero-order chi connectivity index (χ0) is 43.2. The fourth-order valence-electron chi connectivity index (χ4n) is 9.17. The number of hydrogen-bond donors (Lipinski definition) is 4. The number of pyridine rings is 1. The monoisotopic (exact) mass is 859 g/mol. The van der Waals surface area contributed by atoms with Gasteiger partial charge in [0.1, 0.15) is 17.4 Å². The van der Waals surface area contributed by atoms with E-state index < -0.39 is 53.0 Å². The smallest absolute Gasteiger partial charge is 0.386 e. The lowest BCUT2D eigenvalue weighted by Gasteiger charge is -2.36. The molecule has 61 heavy (non-hydrogen) atoms. The van der Waals surface area contributed by atoms with Crippen LogP contribution in [0, 0.1) is 11.8 Å². The van der Waals surface area contributed by atoms with Gasteiger partial charge < -0.3 is 20.6 Å². The van der Waals surface area contributed by atoms with Gasteiger partial charge in [0.2, 0.25) is 11.8 Å². The number of hydrogen-bond acceptors (Lipinski definition) is 11. The molecule has 13 nitrogen and oxygen atoms in total. The third-order valence-electron chi connectivity index (χ3n) is 12.5. The van der Waals surface area contributed by atoms with Crippen LogP contribution in [0.15, 0.2) is 48.5 Å². The van der Waals surface area contributed by atoms with Crippen LogP contribution in [0.1, 0.15) is 125 Å². The summed E-state index contributed by atoms with van der Waals surface area (Å²) in [5.74, 6) is -1.50. The summed E-state index contributed by atoms with van der Waals surface area (Å²) >= 11 is 1.54. The fourth-order valence-corrected chi connectivity index (χ4v) is 10.3. The molecule has 0 bridgehead atoms. The molecule has 5 amide bonds. The van der Waals surface area contributed by atoms with Crippen LogP contribution in [0.25, 0.3) is 10.2 Å². The van der Waals surface area contributed by atoms with Gasteiger partial charge in [0.05, 0.1) is 32.0 Å². The lowest BCUT2D eigenvalue weighted by molar-refractivity contribution is -0.141. The van der Waals surface area contributed by atoms with Gasteiger partial charge in [-0.3, -0.25) is 34.2 Å². The molecule has 2 aromatic heterocycles. The molecule has 2 saturated heterocycles. The van der Waals surface area contributed by atoms with Crippen molar-refractivity contribution in [3.63, 3.8) is 0 Å². The second kappa shape index (κ2) is 16.9. The van der Waals surface area contributed by atoms with Crippen LogP contribution in [0.5, 0.6) is 0 Å². The molecule has 5 heterocycles. The van der Waals surface area contributed by atoms with Crippen molar-refractivity contribution >= 4 is 62.5 Å². The molecule has 8 rings (SSSR count). The maximum absolute atomic E-state index is 13.4. The standard InChI is InChI=1S/C44H48F3N7O6S/c1-43(2,60)28-21-32-34(22-31(28)50-38(56)30-7-4-8-35(49-30)44(45,46)47)61-40(51-32)26-11-9-25(10-12-26)23-53-19-16-24(17-20-53)15-18-48-29-6-3-5-27-37(29)42(59)54(41(27)58)33-13-14-36(55)52-39(33)57/h3-8,21-22,24-26,33,48,60H,9-20,23H2,1-2H3,(H,50,56)(H,52,55,57)/t25?,26?,33-/m0/s1. The Balaban J connectivity index is 0.811.